The van der Waals surface area contributed by atoms with Gasteiger partial charge in [0.2, 0.25) is 5.91 Å². The second-order valence-electron chi connectivity index (χ2n) is 4.03. The summed E-state index contributed by atoms with van der Waals surface area (Å²) in [4.78, 5) is 11.1. The molecule has 4 heteroatoms. The fourth-order valence-corrected chi connectivity index (χ4v) is 1.49. The maximum atomic E-state index is 11.1. The lowest BCUT2D eigenvalue weighted by Gasteiger charge is -2.33. The zero-order chi connectivity index (χ0) is 10.4. The minimum atomic E-state index is -0.180. The number of nitrogens with one attached hydrogen (secondary N) is 1. The molecule has 0 spiro atoms. The number of nitrogens with zero attached hydrogens (tertiary/aromatic N) is 1. The average molecular weight is 196 g/mol. The summed E-state index contributed by atoms with van der Waals surface area (Å²) in [7, 11) is 0. The third-order valence-corrected chi connectivity index (χ3v) is 2.65. The Morgan fingerprint density at radius 2 is 2.21 bits per heavy atom. The molecule has 1 N–H and O–H groups in total. The van der Waals surface area contributed by atoms with Gasteiger partial charge in [0, 0.05) is 19.8 Å². The summed E-state index contributed by atoms with van der Waals surface area (Å²) in [6.45, 7) is 4.33. The summed E-state index contributed by atoms with van der Waals surface area (Å²) < 4.78 is 5.25. The number of rotatable bonds is 3. The minimum absolute atomic E-state index is 0.0490. The molecule has 0 atom stereocenters. The Balaban J connectivity index is 2.28. The van der Waals surface area contributed by atoms with Crippen molar-refractivity contribution in [1.29, 1.82) is 5.26 Å². The highest BCUT2D eigenvalue weighted by Gasteiger charge is 2.27. The molecule has 0 radical (unpaired) electrons. The molecule has 78 valence electrons. The maximum Gasteiger partial charge on any atom is 0.234 e. The Hall–Kier alpha value is -1.08. The van der Waals surface area contributed by atoms with Crippen molar-refractivity contribution in [2.75, 3.05) is 19.8 Å². The highest BCUT2D eigenvalue weighted by atomic mass is 16.5. The van der Waals surface area contributed by atoms with Gasteiger partial charge in [0.15, 0.2) is 0 Å². The van der Waals surface area contributed by atoms with E-state index in [1.165, 1.54) is 0 Å². The van der Waals surface area contributed by atoms with Crippen LogP contribution in [-0.2, 0) is 9.53 Å². The van der Waals surface area contributed by atoms with Crippen LogP contribution in [-0.4, -0.2) is 25.7 Å². The summed E-state index contributed by atoms with van der Waals surface area (Å²) >= 11 is 0. The van der Waals surface area contributed by atoms with Crippen LogP contribution in [0.3, 0.4) is 0 Å². The smallest absolute Gasteiger partial charge is 0.234 e. The third-order valence-electron chi connectivity index (χ3n) is 2.65. The van der Waals surface area contributed by atoms with Crippen LogP contribution in [0.15, 0.2) is 0 Å². The van der Waals surface area contributed by atoms with E-state index in [9.17, 15) is 4.79 Å². The van der Waals surface area contributed by atoms with Crippen LogP contribution in [0.5, 0.6) is 0 Å². The second kappa shape index (κ2) is 4.97. The summed E-state index contributed by atoms with van der Waals surface area (Å²) in [5.74, 6) is -0.180. The fraction of sp³-hybridized carbons (Fsp3) is 0.800. The Morgan fingerprint density at radius 1 is 1.57 bits per heavy atom. The molecule has 4 nitrogen and oxygen atoms in total. The summed E-state index contributed by atoms with van der Waals surface area (Å²) in [6, 6.07) is 1.83. The first-order valence-electron chi connectivity index (χ1n) is 4.88. The van der Waals surface area contributed by atoms with Crippen LogP contribution in [0.25, 0.3) is 0 Å². The van der Waals surface area contributed by atoms with Crippen LogP contribution in [0.1, 0.15) is 26.2 Å². The monoisotopic (exact) mass is 196 g/mol. The minimum Gasteiger partial charge on any atom is -0.381 e. The molecule has 0 unspecified atom stereocenters. The fourth-order valence-electron chi connectivity index (χ4n) is 1.49. The average Bonchev–Trinajstić information content (AvgIpc) is 2.17. The van der Waals surface area contributed by atoms with Crippen molar-refractivity contribution in [2.24, 2.45) is 5.41 Å². The highest BCUT2D eigenvalue weighted by molar-refractivity contribution is 5.77. The first-order valence-corrected chi connectivity index (χ1v) is 4.88. The summed E-state index contributed by atoms with van der Waals surface area (Å²) in [5, 5.41) is 11.1. The number of ether oxygens (including phenoxy) is 1. The van der Waals surface area contributed by atoms with Gasteiger partial charge in [-0.15, -0.1) is 0 Å². The molecule has 0 bridgehead atoms. The van der Waals surface area contributed by atoms with Crippen molar-refractivity contribution in [3.63, 3.8) is 0 Å². The van der Waals surface area contributed by atoms with Gasteiger partial charge in [-0.25, -0.2) is 0 Å². The van der Waals surface area contributed by atoms with Crippen molar-refractivity contribution in [3.8, 4) is 6.07 Å². The molecule has 0 aromatic heterocycles. The lowest BCUT2D eigenvalue weighted by molar-refractivity contribution is -0.121. The predicted octanol–water partition coefficient (Wildman–Crippen LogP) is 0.833. The zero-order valence-electron chi connectivity index (χ0n) is 8.51. The SMILES string of the molecule is CC1(CNC(=O)CC#N)CCOCC1. The number of amides is 1. The molecule has 1 fully saturated rings. The van der Waals surface area contributed by atoms with Gasteiger partial charge in [0.25, 0.3) is 0 Å². The van der Waals surface area contributed by atoms with Crippen LogP contribution < -0.4 is 5.32 Å². The first-order chi connectivity index (χ1) is 6.66. The van der Waals surface area contributed by atoms with E-state index in [-0.39, 0.29) is 17.7 Å². The van der Waals surface area contributed by atoms with E-state index < -0.39 is 0 Å². The predicted molar refractivity (Wildman–Crippen MR) is 51.4 cm³/mol. The van der Waals surface area contributed by atoms with Gasteiger partial charge in [0.1, 0.15) is 6.42 Å². The summed E-state index contributed by atoms with van der Waals surface area (Å²) in [5.41, 5.74) is 0.142. The van der Waals surface area contributed by atoms with Gasteiger partial charge < -0.3 is 10.1 Å². The molecule has 1 aliphatic rings. The molecule has 1 rings (SSSR count). The van der Waals surface area contributed by atoms with E-state index in [4.69, 9.17) is 10.00 Å². The Labute approximate surface area is 84.2 Å². The third kappa shape index (κ3) is 3.35. The zero-order valence-corrected chi connectivity index (χ0v) is 8.51. The lowest BCUT2D eigenvalue weighted by Crippen LogP contribution is -2.39. The van der Waals surface area contributed by atoms with E-state index in [1.54, 1.807) is 0 Å². The number of carbonyl (C=O) groups excluding carboxylic acids is 1. The van der Waals surface area contributed by atoms with E-state index in [2.05, 4.69) is 12.2 Å². The first kappa shape index (κ1) is 11.0. The largest absolute Gasteiger partial charge is 0.381 e. The normalized spacial score (nSPS) is 19.7. The van der Waals surface area contributed by atoms with Crippen molar-refractivity contribution in [1.82, 2.24) is 5.32 Å². The Morgan fingerprint density at radius 3 is 2.79 bits per heavy atom. The van der Waals surface area contributed by atoms with Gasteiger partial charge in [-0.05, 0) is 18.3 Å². The summed E-state index contributed by atoms with van der Waals surface area (Å²) in [6.07, 6.45) is 1.90. The van der Waals surface area contributed by atoms with E-state index >= 15 is 0 Å². The van der Waals surface area contributed by atoms with E-state index in [1.807, 2.05) is 6.07 Å². The van der Waals surface area contributed by atoms with Gasteiger partial charge in [0.05, 0.1) is 6.07 Å². The molecule has 0 aromatic rings. The van der Waals surface area contributed by atoms with Gasteiger partial charge >= 0.3 is 0 Å². The Kier molecular flexibility index (Phi) is 3.90. The van der Waals surface area contributed by atoms with Crippen molar-refractivity contribution >= 4 is 5.91 Å². The number of hydrogen-bond acceptors (Lipinski definition) is 3. The molecule has 0 aromatic carbocycles. The topological polar surface area (TPSA) is 62.1 Å². The molecule has 0 aliphatic carbocycles. The lowest BCUT2D eigenvalue weighted by atomic mass is 9.82. The van der Waals surface area contributed by atoms with Gasteiger partial charge in [-0.1, -0.05) is 6.92 Å². The van der Waals surface area contributed by atoms with E-state index in [0.29, 0.717) is 6.54 Å². The van der Waals surface area contributed by atoms with Crippen LogP contribution in [0.2, 0.25) is 0 Å². The van der Waals surface area contributed by atoms with Crippen molar-refractivity contribution in [2.45, 2.75) is 26.2 Å². The number of hydrogen-bond donors (Lipinski definition) is 1. The second-order valence-corrected chi connectivity index (χ2v) is 4.03. The quantitative estimate of drug-likeness (QED) is 0.727. The molecular weight excluding hydrogens is 180 g/mol. The van der Waals surface area contributed by atoms with Crippen molar-refractivity contribution < 1.29 is 9.53 Å². The van der Waals surface area contributed by atoms with Crippen LogP contribution >= 0.6 is 0 Å². The van der Waals surface area contributed by atoms with Crippen molar-refractivity contribution in [3.05, 3.63) is 0 Å². The molecule has 1 heterocycles. The standard InChI is InChI=1S/C10H16N2O2/c1-10(3-6-14-7-4-10)8-12-9(13)2-5-11/h2-4,6-8H2,1H3,(H,12,13). The number of carbonyl (C=O) groups is 1. The molecule has 1 aliphatic heterocycles. The molecule has 1 amide bonds. The van der Waals surface area contributed by atoms with Gasteiger partial charge in [-0.3, -0.25) is 4.79 Å². The highest BCUT2D eigenvalue weighted by Crippen LogP contribution is 2.28. The maximum absolute atomic E-state index is 11.1. The van der Waals surface area contributed by atoms with Crippen LogP contribution in [0.4, 0.5) is 0 Å². The molecular formula is C10H16N2O2. The van der Waals surface area contributed by atoms with Crippen LogP contribution in [0, 0.1) is 16.7 Å². The molecule has 1 saturated heterocycles. The Bertz CT molecular complexity index is 239. The van der Waals surface area contributed by atoms with E-state index in [0.717, 1.165) is 26.1 Å². The molecule has 14 heavy (non-hydrogen) atoms. The van der Waals surface area contributed by atoms with Gasteiger partial charge in [-0.2, -0.15) is 5.26 Å². The molecule has 0 saturated carbocycles. The number of nitriles is 1.